The molecule has 0 saturated heterocycles. The standard InChI is InChI=1S/C17H18O5/c1-17(2)8-12-14(20-3)7-10-11(15(12)22-17)5-9(6-13(10)18)16(19)21-4/h5-7,18H,8H2,1-4H3. The Hall–Kier alpha value is -2.43. The zero-order valence-corrected chi connectivity index (χ0v) is 13.0. The number of hydrogen-bond acceptors (Lipinski definition) is 5. The van der Waals surface area contributed by atoms with E-state index in [4.69, 9.17) is 14.2 Å². The summed E-state index contributed by atoms with van der Waals surface area (Å²) in [4.78, 5) is 11.8. The number of methoxy groups -OCH3 is 2. The van der Waals surface area contributed by atoms with E-state index in [0.717, 1.165) is 5.56 Å². The van der Waals surface area contributed by atoms with Gasteiger partial charge in [-0.15, -0.1) is 0 Å². The third-order valence-corrected chi connectivity index (χ3v) is 3.87. The quantitative estimate of drug-likeness (QED) is 0.864. The normalized spacial score (nSPS) is 15.3. The van der Waals surface area contributed by atoms with Crippen LogP contribution in [-0.2, 0) is 11.2 Å². The Kier molecular flexibility index (Phi) is 3.16. The van der Waals surface area contributed by atoms with Gasteiger partial charge in [0.05, 0.1) is 19.8 Å². The van der Waals surface area contributed by atoms with E-state index in [1.165, 1.54) is 13.2 Å². The average Bonchev–Trinajstić information content (AvgIpc) is 2.81. The zero-order valence-electron chi connectivity index (χ0n) is 13.0. The predicted molar refractivity (Wildman–Crippen MR) is 81.9 cm³/mol. The molecule has 2 aromatic carbocycles. The van der Waals surface area contributed by atoms with Crippen molar-refractivity contribution < 1.29 is 24.1 Å². The number of phenolic OH excluding ortho intramolecular Hbond substituents is 1. The summed E-state index contributed by atoms with van der Waals surface area (Å²) in [6.07, 6.45) is 0.699. The number of ether oxygens (including phenoxy) is 3. The van der Waals surface area contributed by atoms with Crippen LogP contribution in [-0.4, -0.2) is 30.9 Å². The number of phenols is 1. The first-order valence-corrected chi connectivity index (χ1v) is 7.00. The van der Waals surface area contributed by atoms with Gasteiger partial charge in [0.25, 0.3) is 0 Å². The van der Waals surface area contributed by atoms with Crippen molar-refractivity contribution in [3.05, 3.63) is 29.3 Å². The van der Waals surface area contributed by atoms with E-state index in [9.17, 15) is 9.90 Å². The van der Waals surface area contributed by atoms with Gasteiger partial charge in [-0.2, -0.15) is 0 Å². The Morgan fingerprint density at radius 1 is 1.23 bits per heavy atom. The lowest BCUT2D eigenvalue weighted by atomic mass is 9.97. The molecular formula is C17H18O5. The maximum atomic E-state index is 11.8. The second kappa shape index (κ2) is 4.80. The first-order valence-electron chi connectivity index (χ1n) is 7.00. The summed E-state index contributed by atoms with van der Waals surface area (Å²) in [5.41, 5.74) is 0.871. The van der Waals surface area contributed by atoms with Gasteiger partial charge in [0.15, 0.2) is 0 Å². The van der Waals surface area contributed by atoms with Gasteiger partial charge in [-0.05, 0) is 32.0 Å². The number of esters is 1. The molecule has 0 unspecified atom stereocenters. The summed E-state index contributed by atoms with van der Waals surface area (Å²) in [7, 11) is 2.90. The predicted octanol–water partition coefficient (Wildman–Crippen LogP) is 3.05. The molecule has 0 fully saturated rings. The van der Waals surface area contributed by atoms with Crippen molar-refractivity contribution in [3.63, 3.8) is 0 Å². The lowest BCUT2D eigenvalue weighted by molar-refractivity contribution is 0.0600. The fourth-order valence-corrected chi connectivity index (χ4v) is 2.91. The largest absolute Gasteiger partial charge is 0.507 e. The minimum atomic E-state index is -0.501. The molecule has 1 N–H and O–H groups in total. The highest BCUT2D eigenvalue weighted by atomic mass is 16.5. The van der Waals surface area contributed by atoms with Crippen molar-refractivity contribution in [2.75, 3.05) is 14.2 Å². The summed E-state index contributed by atoms with van der Waals surface area (Å²) in [5.74, 6) is 0.820. The molecule has 0 aromatic heterocycles. The van der Waals surface area contributed by atoms with Gasteiger partial charge in [0.2, 0.25) is 0 Å². The molecule has 5 nitrogen and oxygen atoms in total. The molecule has 116 valence electrons. The number of fused-ring (bicyclic) bond motifs is 3. The average molecular weight is 302 g/mol. The van der Waals surface area contributed by atoms with Crippen molar-refractivity contribution in [2.45, 2.75) is 25.9 Å². The molecule has 0 atom stereocenters. The van der Waals surface area contributed by atoms with Crippen molar-refractivity contribution in [1.29, 1.82) is 0 Å². The molecule has 0 radical (unpaired) electrons. The first kappa shape index (κ1) is 14.5. The third-order valence-electron chi connectivity index (χ3n) is 3.87. The van der Waals surface area contributed by atoms with Crippen LogP contribution in [0.1, 0.15) is 29.8 Å². The van der Waals surface area contributed by atoms with Crippen molar-refractivity contribution in [1.82, 2.24) is 0 Å². The monoisotopic (exact) mass is 302 g/mol. The second-order valence-corrected chi connectivity index (χ2v) is 6.01. The zero-order chi connectivity index (χ0) is 16.1. The fourth-order valence-electron chi connectivity index (χ4n) is 2.91. The number of aromatic hydroxyl groups is 1. The van der Waals surface area contributed by atoms with Gasteiger partial charge in [0, 0.05) is 22.8 Å². The van der Waals surface area contributed by atoms with Crippen molar-refractivity contribution in [2.24, 2.45) is 0 Å². The molecule has 1 aliphatic heterocycles. The molecule has 1 heterocycles. The molecule has 0 spiro atoms. The minimum Gasteiger partial charge on any atom is -0.507 e. The lowest BCUT2D eigenvalue weighted by Crippen LogP contribution is -2.24. The van der Waals surface area contributed by atoms with Gasteiger partial charge in [0.1, 0.15) is 22.8 Å². The first-order chi connectivity index (χ1) is 10.4. The smallest absolute Gasteiger partial charge is 0.338 e. The number of carbonyl (C=O) groups excluding carboxylic acids is 1. The van der Waals surface area contributed by atoms with Crippen LogP contribution in [0.25, 0.3) is 10.8 Å². The maximum Gasteiger partial charge on any atom is 0.338 e. The molecule has 0 bridgehead atoms. The van der Waals surface area contributed by atoms with Gasteiger partial charge in [-0.25, -0.2) is 4.79 Å². The van der Waals surface area contributed by atoms with Crippen LogP contribution in [0.5, 0.6) is 17.2 Å². The van der Waals surface area contributed by atoms with Crippen LogP contribution in [0, 0.1) is 0 Å². The van der Waals surface area contributed by atoms with E-state index >= 15 is 0 Å². The Bertz CT molecular complexity index is 776. The van der Waals surface area contributed by atoms with Crippen molar-refractivity contribution >= 4 is 16.7 Å². The van der Waals surface area contributed by atoms with Crippen LogP contribution in [0.15, 0.2) is 18.2 Å². The van der Waals surface area contributed by atoms with E-state index in [0.29, 0.717) is 28.7 Å². The van der Waals surface area contributed by atoms with Gasteiger partial charge >= 0.3 is 5.97 Å². The highest BCUT2D eigenvalue weighted by molar-refractivity contribution is 6.02. The van der Waals surface area contributed by atoms with Gasteiger partial charge in [-0.1, -0.05) is 0 Å². The SMILES string of the molecule is COC(=O)c1cc(O)c2cc(OC)c3c(c2c1)OC(C)(C)C3. The number of carbonyl (C=O) groups is 1. The van der Waals surface area contributed by atoms with Gasteiger partial charge < -0.3 is 19.3 Å². The van der Waals surface area contributed by atoms with E-state index in [-0.39, 0.29) is 16.9 Å². The molecular weight excluding hydrogens is 284 g/mol. The number of hydrogen-bond donors (Lipinski definition) is 1. The summed E-state index contributed by atoms with van der Waals surface area (Å²) < 4.78 is 16.2. The fraction of sp³-hybridized carbons (Fsp3) is 0.353. The molecule has 0 amide bonds. The van der Waals surface area contributed by atoms with Gasteiger partial charge in [-0.3, -0.25) is 0 Å². The summed E-state index contributed by atoms with van der Waals surface area (Å²) in [6.45, 7) is 3.98. The Balaban J connectivity index is 2.33. The summed E-state index contributed by atoms with van der Waals surface area (Å²) >= 11 is 0. The number of rotatable bonds is 2. The van der Waals surface area contributed by atoms with Crippen LogP contribution < -0.4 is 9.47 Å². The molecule has 0 saturated carbocycles. The minimum absolute atomic E-state index is 0.00712. The molecule has 0 aliphatic carbocycles. The second-order valence-electron chi connectivity index (χ2n) is 6.01. The van der Waals surface area contributed by atoms with E-state index in [2.05, 4.69) is 0 Å². The highest BCUT2D eigenvalue weighted by Gasteiger charge is 2.34. The van der Waals surface area contributed by atoms with Crippen LogP contribution in [0.2, 0.25) is 0 Å². The Morgan fingerprint density at radius 2 is 1.95 bits per heavy atom. The molecule has 2 aromatic rings. The molecule has 22 heavy (non-hydrogen) atoms. The molecule has 5 heteroatoms. The Labute approximate surface area is 128 Å². The summed E-state index contributed by atoms with van der Waals surface area (Å²) in [6, 6.07) is 4.84. The van der Waals surface area contributed by atoms with E-state index in [1.807, 2.05) is 13.8 Å². The molecule has 1 aliphatic rings. The van der Waals surface area contributed by atoms with Crippen LogP contribution in [0.4, 0.5) is 0 Å². The van der Waals surface area contributed by atoms with Crippen molar-refractivity contribution in [3.8, 4) is 17.2 Å². The van der Waals surface area contributed by atoms with Crippen LogP contribution in [0.3, 0.4) is 0 Å². The third kappa shape index (κ3) is 2.13. The maximum absolute atomic E-state index is 11.8. The topological polar surface area (TPSA) is 65.0 Å². The Morgan fingerprint density at radius 3 is 2.59 bits per heavy atom. The summed E-state index contributed by atoms with van der Waals surface area (Å²) in [5, 5.41) is 11.5. The number of benzene rings is 2. The van der Waals surface area contributed by atoms with Crippen LogP contribution >= 0.6 is 0 Å². The lowest BCUT2D eigenvalue weighted by Gasteiger charge is -2.17. The van der Waals surface area contributed by atoms with E-state index in [1.54, 1.807) is 19.2 Å². The molecule has 3 rings (SSSR count). The van der Waals surface area contributed by atoms with E-state index < -0.39 is 5.97 Å². The highest BCUT2D eigenvalue weighted by Crippen LogP contribution is 2.47.